The molecule has 0 saturated carbocycles. The summed E-state index contributed by atoms with van der Waals surface area (Å²) in [5.74, 6) is 0.514. The minimum atomic E-state index is -3.37. The van der Waals surface area contributed by atoms with Crippen LogP contribution in [0.15, 0.2) is 53.7 Å². The van der Waals surface area contributed by atoms with E-state index in [2.05, 4.69) is 20.2 Å². The van der Waals surface area contributed by atoms with Crippen molar-refractivity contribution in [3.8, 4) is 11.4 Å². The average Bonchev–Trinajstić information content (AvgIpc) is 3.15. The van der Waals surface area contributed by atoms with Crippen molar-refractivity contribution in [1.82, 2.24) is 20.2 Å². The summed E-state index contributed by atoms with van der Waals surface area (Å²) >= 11 is 1.23. The number of nitrogens with zero attached hydrogens (tertiary/aromatic N) is 4. The zero-order valence-electron chi connectivity index (χ0n) is 16.6. The normalized spacial score (nSPS) is 12.4. The predicted octanol–water partition coefficient (Wildman–Crippen LogP) is 2.80. The number of anilines is 1. The first-order valence-electron chi connectivity index (χ1n) is 9.08. The van der Waals surface area contributed by atoms with E-state index in [4.69, 9.17) is 4.74 Å². The third kappa shape index (κ3) is 5.36. The smallest absolute Gasteiger partial charge is 0.229 e. The van der Waals surface area contributed by atoms with E-state index in [9.17, 15) is 13.2 Å². The van der Waals surface area contributed by atoms with Crippen LogP contribution in [0, 0.1) is 0 Å². The van der Waals surface area contributed by atoms with Crippen LogP contribution in [0.2, 0.25) is 0 Å². The number of hydrogen-bond donors (Lipinski definition) is 1. The Bertz CT molecular complexity index is 1130. The summed E-state index contributed by atoms with van der Waals surface area (Å²) in [5, 5.41) is 11.8. The van der Waals surface area contributed by atoms with Gasteiger partial charge in [0, 0.05) is 11.3 Å². The number of aromatic nitrogens is 4. The predicted molar refractivity (Wildman–Crippen MR) is 115 cm³/mol. The van der Waals surface area contributed by atoms with Crippen molar-refractivity contribution in [2.75, 3.05) is 17.6 Å². The van der Waals surface area contributed by atoms with Gasteiger partial charge in [0.05, 0.1) is 18.1 Å². The summed E-state index contributed by atoms with van der Waals surface area (Å²) in [6.45, 7) is 4.16. The molecule has 30 heavy (non-hydrogen) atoms. The highest BCUT2D eigenvalue weighted by atomic mass is 32.2. The molecule has 3 aromatic rings. The molecule has 158 valence electrons. The Hall–Kier alpha value is -2.92. The largest absolute Gasteiger partial charge is 0.492 e. The van der Waals surface area contributed by atoms with E-state index in [0.29, 0.717) is 34.5 Å². The van der Waals surface area contributed by atoms with Crippen molar-refractivity contribution in [1.29, 1.82) is 0 Å². The van der Waals surface area contributed by atoms with Gasteiger partial charge in [-0.05, 0) is 60.7 Å². The zero-order chi connectivity index (χ0) is 21.7. The van der Waals surface area contributed by atoms with Gasteiger partial charge in [-0.25, -0.2) is 8.42 Å². The number of thioether (sulfide) groups is 1. The monoisotopic (exact) mass is 447 g/mol. The lowest BCUT2D eigenvalue weighted by Crippen LogP contribution is -2.15. The maximum Gasteiger partial charge on any atom is 0.229 e. The molecule has 3 rings (SSSR count). The van der Waals surface area contributed by atoms with E-state index >= 15 is 0 Å². The highest BCUT2D eigenvalue weighted by molar-refractivity contribution is 8.00. The van der Waals surface area contributed by atoms with Crippen molar-refractivity contribution in [3.05, 3.63) is 54.1 Å². The molecule has 2 aromatic carbocycles. The Morgan fingerprint density at radius 2 is 1.90 bits per heavy atom. The molecule has 0 aliphatic rings. The van der Waals surface area contributed by atoms with Crippen LogP contribution in [0.3, 0.4) is 0 Å². The SMILES string of the molecule is CCOc1ccccc1-n1nnnc1S[C@@H](C)C(=O)c1ccc(NS(C)(=O)=O)cc1. The first kappa shape index (κ1) is 21.8. The molecule has 0 unspecified atom stereocenters. The summed E-state index contributed by atoms with van der Waals surface area (Å²) < 4.78 is 32.2. The number of benzene rings is 2. The minimum absolute atomic E-state index is 0.126. The van der Waals surface area contributed by atoms with Gasteiger partial charge in [-0.15, -0.1) is 5.10 Å². The number of carbonyl (C=O) groups is 1. The number of ether oxygens (including phenoxy) is 1. The summed E-state index contributed by atoms with van der Waals surface area (Å²) in [6.07, 6.45) is 1.07. The number of hydrogen-bond acceptors (Lipinski definition) is 8. The summed E-state index contributed by atoms with van der Waals surface area (Å²) in [5.41, 5.74) is 1.54. The van der Waals surface area contributed by atoms with Gasteiger partial charge in [-0.1, -0.05) is 23.9 Å². The lowest BCUT2D eigenvalue weighted by atomic mass is 10.1. The van der Waals surface area contributed by atoms with Crippen LogP contribution < -0.4 is 9.46 Å². The van der Waals surface area contributed by atoms with E-state index in [-0.39, 0.29) is 5.78 Å². The molecule has 0 aliphatic carbocycles. The molecule has 0 aliphatic heterocycles. The van der Waals surface area contributed by atoms with Crippen LogP contribution in [0.25, 0.3) is 5.69 Å². The third-order valence-electron chi connectivity index (χ3n) is 3.96. The fourth-order valence-electron chi connectivity index (χ4n) is 2.68. The number of nitrogens with one attached hydrogen (secondary N) is 1. The molecule has 1 atom stereocenters. The van der Waals surface area contributed by atoms with Crippen LogP contribution in [0.1, 0.15) is 24.2 Å². The molecule has 0 spiro atoms. The molecule has 9 nitrogen and oxygen atoms in total. The number of para-hydroxylation sites is 2. The third-order valence-corrected chi connectivity index (χ3v) is 5.60. The Morgan fingerprint density at radius 3 is 2.57 bits per heavy atom. The fourth-order valence-corrected chi connectivity index (χ4v) is 4.12. The van der Waals surface area contributed by atoms with Gasteiger partial charge in [0.2, 0.25) is 15.2 Å². The highest BCUT2D eigenvalue weighted by Crippen LogP contribution is 2.29. The van der Waals surface area contributed by atoms with Crippen LogP contribution in [-0.4, -0.2) is 52.5 Å². The Labute approximate surface area is 178 Å². The number of rotatable bonds is 9. The molecule has 11 heteroatoms. The topological polar surface area (TPSA) is 116 Å². The van der Waals surface area contributed by atoms with Crippen molar-refractivity contribution < 1.29 is 17.9 Å². The van der Waals surface area contributed by atoms with Gasteiger partial charge < -0.3 is 4.74 Å². The second-order valence-electron chi connectivity index (χ2n) is 6.35. The van der Waals surface area contributed by atoms with E-state index < -0.39 is 15.3 Å². The van der Waals surface area contributed by atoms with Gasteiger partial charge in [0.15, 0.2) is 5.78 Å². The quantitative estimate of drug-likeness (QED) is 0.393. The molecule has 0 radical (unpaired) electrons. The van der Waals surface area contributed by atoms with Crippen LogP contribution >= 0.6 is 11.8 Å². The molecular formula is C19H21N5O4S2. The maximum absolute atomic E-state index is 12.8. The highest BCUT2D eigenvalue weighted by Gasteiger charge is 2.21. The standard InChI is InChI=1S/C19H21N5O4S2/c1-4-28-17-8-6-5-7-16(17)24-19(20-22-23-24)29-13(2)18(25)14-9-11-15(12-10-14)21-30(3,26)27/h5-13,21H,4H2,1-3H3/t13-/m0/s1. The Kier molecular flexibility index (Phi) is 6.73. The zero-order valence-corrected chi connectivity index (χ0v) is 18.3. The maximum atomic E-state index is 12.8. The molecular weight excluding hydrogens is 426 g/mol. The second kappa shape index (κ2) is 9.26. The van der Waals surface area contributed by atoms with Crippen molar-refractivity contribution >= 4 is 33.3 Å². The van der Waals surface area contributed by atoms with Gasteiger partial charge in [0.1, 0.15) is 11.4 Å². The minimum Gasteiger partial charge on any atom is -0.492 e. The number of sulfonamides is 1. The average molecular weight is 448 g/mol. The Morgan fingerprint density at radius 1 is 1.20 bits per heavy atom. The fraction of sp³-hybridized carbons (Fsp3) is 0.263. The second-order valence-corrected chi connectivity index (χ2v) is 9.41. The van der Waals surface area contributed by atoms with Crippen molar-refractivity contribution in [3.63, 3.8) is 0 Å². The molecule has 0 bridgehead atoms. The number of tetrazole rings is 1. The van der Waals surface area contributed by atoms with E-state index in [1.807, 2.05) is 31.2 Å². The molecule has 0 saturated heterocycles. The van der Waals surface area contributed by atoms with Crippen molar-refractivity contribution in [2.24, 2.45) is 0 Å². The van der Waals surface area contributed by atoms with Crippen molar-refractivity contribution in [2.45, 2.75) is 24.3 Å². The summed E-state index contributed by atoms with van der Waals surface area (Å²) in [7, 11) is -3.37. The Balaban J connectivity index is 1.77. The summed E-state index contributed by atoms with van der Waals surface area (Å²) in [6, 6.07) is 13.7. The lowest BCUT2D eigenvalue weighted by molar-refractivity contribution is 0.0994. The van der Waals surface area contributed by atoms with Crippen LogP contribution in [-0.2, 0) is 10.0 Å². The van der Waals surface area contributed by atoms with Crippen LogP contribution in [0.5, 0.6) is 5.75 Å². The number of carbonyl (C=O) groups excluding carboxylic acids is 1. The molecule has 1 aromatic heterocycles. The van der Waals surface area contributed by atoms with Gasteiger partial charge in [-0.2, -0.15) is 4.68 Å². The van der Waals surface area contributed by atoms with E-state index in [1.54, 1.807) is 35.9 Å². The summed E-state index contributed by atoms with van der Waals surface area (Å²) in [4.78, 5) is 12.8. The molecule has 0 fully saturated rings. The molecule has 1 N–H and O–H groups in total. The first-order valence-corrected chi connectivity index (χ1v) is 11.8. The lowest BCUT2D eigenvalue weighted by Gasteiger charge is -2.13. The molecule has 0 amide bonds. The molecule has 1 heterocycles. The van der Waals surface area contributed by atoms with E-state index in [1.165, 1.54) is 11.8 Å². The first-order chi connectivity index (χ1) is 14.3. The van der Waals surface area contributed by atoms with E-state index in [0.717, 1.165) is 6.26 Å². The van der Waals surface area contributed by atoms with Gasteiger partial charge in [-0.3, -0.25) is 9.52 Å². The van der Waals surface area contributed by atoms with Crippen LogP contribution in [0.4, 0.5) is 5.69 Å². The number of ketones is 1. The number of Topliss-reactive ketones (excluding diaryl/α,β-unsaturated/α-hetero) is 1. The van der Waals surface area contributed by atoms with Gasteiger partial charge >= 0.3 is 0 Å². The van der Waals surface area contributed by atoms with Gasteiger partial charge in [0.25, 0.3) is 0 Å².